The van der Waals surface area contributed by atoms with E-state index in [4.69, 9.17) is 25.8 Å². The largest absolute Gasteiger partial charge is 0.493 e. The van der Waals surface area contributed by atoms with E-state index in [9.17, 15) is 18.0 Å². The smallest absolute Gasteiger partial charge is 0.416 e. The summed E-state index contributed by atoms with van der Waals surface area (Å²) in [5.41, 5.74) is -0.919. The average molecular weight is 418 g/mol. The van der Waals surface area contributed by atoms with Gasteiger partial charge < -0.3 is 19.5 Å². The molecule has 0 aliphatic carbocycles. The van der Waals surface area contributed by atoms with E-state index in [0.717, 1.165) is 12.1 Å². The quantitative estimate of drug-likeness (QED) is 0.653. The number of alkyl halides is 3. The maximum Gasteiger partial charge on any atom is 0.416 e. The SMILES string of the molecule is CCCOc1ccc(C(F)(F)F)cc1NC(=O)c1cc(Cl)c(OC)c(OC)c1. The summed E-state index contributed by atoms with van der Waals surface area (Å²) in [6.45, 7) is 2.14. The number of anilines is 1. The van der Waals surface area contributed by atoms with Gasteiger partial charge in [-0.05, 0) is 36.8 Å². The second-order valence-electron chi connectivity index (χ2n) is 5.70. The minimum absolute atomic E-state index is 0.0847. The van der Waals surface area contributed by atoms with Gasteiger partial charge in [0.05, 0.1) is 37.1 Å². The third-order valence-electron chi connectivity index (χ3n) is 3.71. The molecule has 0 unspecified atom stereocenters. The molecule has 28 heavy (non-hydrogen) atoms. The highest BCUT2D eigenvalue weighted by molar-refractivity contribution is 6.32. The maximum absolute atomic E-state index is 13.0. The topological polar surface area (TPSA) is 56.8 Å². The molecule has 152 valence electrons. The predicted molar refractivity (Wildman–Crippen MR) is 99.7 cm³/mol. The van der Waals surface area contributed by atoms with Gasteiger partial charge in [0.1, 0.15) is 5.75 Å². The van der Waals surface area contributed by atoms with Crippen molar-refractivity contribution in [2.75, 3.05) is 26.1 Å². The summed E-state index contributed by atoms with van der Waals surface area (Å²) in [6.07, 6.45) is -3.91. The van der Waals surface area contributed by atoms with Crippen LogP contribution in [0.1, 0.15) is 29.3 Å². The highest BCUT2D eigenvalue weighted by Crippen LogP contribution is 2.38. The average Bonchev–Trinajstić information content (AvgIpc) is 2.65. The molecule has 0 spiro atoms. The first kappa shape index (κ1) is 21.7. The lowest BCUT2D eigenvalue weighted by atomic mass is 10.1. The highest BCUT2D eigenvalue weighted by atomic mass is 35.5. The van der Waals surface area contributed by atoms with Gasteiger partial charge in [0.2, 0.25) is 0 Å². The van der Waals surface area contributed by atoms with Gasteiger partial charge in [-0.2, -0.15) is 13.2 Å². The summed E-state index contributed by atoms with van der Waals surface area (Å²) in [6, 6.07) is 5.60. The van der Waals surface area contributed by atoms with Crippen LogP contribution in [0.25, 0.3) is 0 Å². The number of halogens is 4. The Morgan fingerprint density at radius 3 is 2.39 bits per heavy atom. The molecule has 0 heterocycles. The summed E-state index contributed by atoms with van der Waals surface area (Å²) in [5, 5.41) is 2.57. The fourth-order valence-corrected chi connectivity index (χ4v) is 2.67. The van der Waals surface area contributed by atoms with Crippen LogP contribution in [0.3, 0.4) is 0 Å². The molecule has 0 aliphatic rings. The van der Waals surface area contributed by atoms with Crippen molar-refractivity contribution < 1.29 is 32.2 Å². The van der Waals surface area contributed by atoms with Gasteiger partial charge in [-0.15, -0.1) is 0 Å². The van der Waals surface area contributed by atoms with Crippen molar-refractivity contribution in [3.05, 3.63) is 46.5 Å². The summed E-state index contributed by atoms with van der Waals surface area (Å²) in [4.78, 5) is 12.6. The number of rotatable bonds is 7. The molecule has 9 heteroatoms. The number of amides is 1. The number of benzene rings is 2. The summed E-state index contributed by atoms with van der Waals surface area (Å²) in [5.74, 6) is -0.0864. The Morgan fingerprint density at radius 1 is 1.11 bits per heavy atom. The van der Waals surface area contributed by atoms with E-state index in [2.05, 4.69) is 5.32 Å². The van der Waals surface area contributed by atoms with Crippen LogP contribution in [-0.2, 0) is 6.18 Å². The molecule has 0 radical (unpaired) electrons. The van der Waals surface area contributed by atoms with Crippen molar-refractivity contribution in [2.45, 2.75) is 19.5 Å². The zero-order valence-electron chi connectivity index (χ0n) is 15.4. The fraction of sp³-hybridized carbons (Fsp3) is 0.316. The van der Waals surface area contributed by atoms with Gasteiger partial charge in [-0.25, -0.2) is 0 Å². The molecule has 0 fully saturated rings. The van der Waals surface area contributed by atoms with Crippen molar-refractivity contribution in [3.8, 4) is 17.2 Å². The van der Waals surface area contributed by atoms with E-state index in [1.807, 2.05) is 6.92 Å². The molecule has 2 aromatic rings. The molecule has 2 aromatic carbocycles. The van der Waals surface area contributed by atoms with Gasteiger partial charge in [0.25, 0.3) is 5.91 Å². The normalized spacial score (nSPS) is 11.1. The molecule has 0 bridgehead atoms. The van der Waals surface area contributed by atoms with Gasteiger partial charge in [-0.3, -0.25) is 4.79 Å². The Balaban J connectivity index is 2.40. The van der Waals surface area contributed by atoms with E-state index >= 15 is 0 Å². The van der Waals surface area contributed by atoms with Crippen molar-refractivity contribution in [1.82, 2.24) is 0 Å². The van der Waals surface area contributed by atoms with Crippen molar-refractivity contribution in [2.24, 2.45) is 0 Å². The van der Waals surface area contributed by atoms with Crippen molar-refractivity contribution >= 4 is 23.2 Å². The first-order chi connectivity index (χ1) is 13.2. The Morgan fingerprint density at radius 2 is 1.82 bits per heavy atom. The third kappa shape index (κ3) is 5.01. The molecule has 1 N–H and O–H groups in total. The number of nitrogens with one attached hydrogen (secondary N) is 1. The monoisotopic (exact) mass is 417 g/mol. The first-order valence-electron chi connectivity index (χ1n) is 8.28. The zero-order valence-corrected chi connectivity index (χ0v) is 16.2. The predicted octanol–water partition coefficient (Wildman–Crippen LogP) is 5.42. The van der Waals surface area contributed by atoms with E-state index in [-0.39, 0.29) is 40.1 Å². The summed E-state index contributed by atoms with van der Waals surface area (Å²) in [7, 11) is 2.77. The number of carbonyl (C=O) groups is 1. The lowest BCUT2D eigenvalue weighted by Gasteiger charge is -2.16. The number of methoxy groups -OCH3 is 2. The maximum atomic E-state index is 13.0. The molecular formula is C19H19ClF3NO4. The minimum atomic E-state index is -4.56. The molecule has 0 saturated carbocycles. The number of carbonyl (C=O) groups excluding carboxylic acids is 1. The Kier molecular flexibility index (Phi) is 7.01. The number of ether oxygens (including phenoxy) is 3. The lowest BCUT2D eigenvalue weighted by Crippen LogP contribution is -2.15. The van der Waals surface area contributed by atoms with E-state index < -0.39 is 17.6 Å². The molecule has 5 nitrogen and oxygen atoms in total. The van der Waals surface area contributed by atoms with E-state index in [0.29, 0.717) is 6.42 Å². The molecule has 1 amide bonds. The highest BCUT2D eigenvalue weighted by Gasteiger charge is 2.31. The van der Waals surface area contributed by atoms with Gasteiger partial charge in [0, 0.05) is 5.56 Å². The van der Waals surface area contributed by atoms with Gasteiger partial charge in [0.15, 0.2) is 11.5 Å². The molecule has 0 saturated heterocycles. The van der Waals surface area contributed by atoms with E-state index in [1.165, 1.54) is 32.4 Å². The van der Waals surface area contributed by atoms with Crippen LogP contribution in [0, 0.1) is 0 Å². The molecule has 0 aromatic heterocycles. The van der Waals surface area contributed by atoms with Crippen LogP contribution in [0.2, 0.25) is 5.02 Å². The van der Waals surface area contributed by atoms with Crippen LogP contribution in [-0.4, -0.2) is 26.7 Å². The Bertz CT molecular complexity index is 856. The number of hydrogen-bond acceptors (Lipinski definition) is 4. The van der Waals surface area contributed by atoms with Crippen molar-refractivity contribution in [3.63, 3.8) is 0 Å². The second kappa shape index (κ2) is 9.05. The summed E-state index contributed by atoms with van der Waals surface area (Å²) < 4.78 is 54.8. The Labute approximate surface area is 165 Å². The van der Waals surface area contributed by atoms with Crippen LogP contribution >= 0.6 is 11.6 Å². The molecular weight excluding hydrogens is 399 g/mol. The zero-order chi connectivity index (χ0) is 20.9. The fourth-order valence-electron chi connectivity index (χ4n) is 2.39. The molecule has 0 atom stereocenters. The second-order valence-corrected chi connectivity index (χ2v) is 6.11. The molecule has 0 aliphatic heterocycles. The standard InChI is InChI=1S/C19H19ClF3NO4/c1-4-7-28-15-6-5-12(19(21,22)23)10-14(15)24-18(25)11-8-13(20)17(27-3)16(9-11)26-2/h5-6,8-10H,4,7H2,1-3H3,(H,24,25). The minimum Gasteiger partial charge on any atom is -0.493 e. The van der Waals surface area contributed by atoms with Crippen LogP contribution in [0.4, 0.5) is 18.9 Å². The van der Waals surface area contributed by atoms with Gasteiger partial charge in [-0.1, -0.05) is 18.5 Å². The van der Waals surface area contributed by atoms with Crippen LogP contribution in [0.5, 0.6) is 17.2 Å². The summed E-state index contributed by atoms with van der Waals surface area (Å²) >= 11 is 6.09. The van der Waals surface area contributed by atoms with Gasteiger partial charge >= 0.3 is 6.18 Å². The van der Waals surface area contributed by atoms with Crippen molar-refractivity contribution in [1.29, 1.82) is 0 Å². The lowest BCUT2D eigenvalue weighted by molar-refractivity contribution is -0.137. The van der Waals surface area contributed by atoms with Crippen LogP contribution in [0.15, 0.2) is 30.3 Å². The first-order valence-corrected chi connectivity index (χ1v) is 8.66. The number of hydrogen-bond donors (Lipinski definition) is 1. The van der Waals surface area contributed by atoms with E-state index in [1.54, 1.807) is 0 Å². The molecule has 2 rings (SSSR count). The third-order valence-corrected chi connectivity index (χ3v) is 3.99. The van der Waals surface area contributed by atoms with Crippen LogP contribution < -0.4 is 19.5 Å². The Hall–Kier alpha value is -2.61.